The first kappa shape index (κ1) is 9.80. The fourth-order valence-corrected chi connectivity index (χ4v) is 3.02. The van der Waals surface area contributed by atoms with Gasteiger partial charge in [0.15, 0.2) is 0 Å². The Kier molecular flexibility index (Phi) is 2.65. The molecule has 1 unspecified atom stereocenters. The maximum atomic E-state index is 10.2. The molecule has 0 bridgehead atoms. The van der Waals surface area contributed by atoms with Crippen molar-refractivity contribution < 1.29 is 5.11 Å². The van der Waals surface area contributed by atoms with Crippen LogP contribution in [0.2, 0.25) is 0 Å². The Morgan fingerprint density at radius 3 is 3.14 bits per heavy atom. The van der Waals surface area contributed by atoms with Gasteiger partial charge < -0.3 is 10.8 Å². The van der Waals surface area contributed by atoms with Crippen LogP contribution in [0.4, 0.5) is 5.82 Å². The molecule has 0 radical (unpaired) electrons. The highest BCUT2D eigenvalue weighted by Gasteiger charge is 2.31. The molecule has 4 heteroatoms. The van der Waals surface area contributed by atoms with Gasteiger partial charge in [0.1, 0.15) is 5.82 Å². The average Bonchev–Trinajstić information content (AvgIpc) is 2.51. The molecule has 0 saturated carbocycles. The molecule has 14 heavy (non-hydrogen) atoms. The van der Waals surface area contributed by atoms with Gasteiger partial charge in [0.05, 0.1) is 5.60 Å². The zero-order valence-corrected chi connectivity index (χ0v) is 8.76. The van der Waals surface area contributed by atoms with Gasteiger partial charge in [-0.25, -0.2) is 4.98 Å². The number of nitrogen functional groups attached to an aromatic ring is 1. The van der Waals surface area contributed by atoms with Gasteiger partial charge in [-0.3, -0.25) is 0 Å². The van der Waals surface area contributed by atoms with Crippen LogP contribution in [-0.4, -0.2) is 27.2 Å². The van der Waals surface area contributed by atoms with E-state index >= 15 is 0 Å². The van der Waals surface area contributed by atoms with Crippen LogP contribution in [0.1, 0.15) is 12.0 Å². The molecule has 0 spiro atoms. The molecule has 3 nitrogen and oxygen atoms in total. The van der Waals surface area contributed by atoms with E-state index in [2.05, 4.69) is 4.98 Å². The summed E-state index contributed by atoms with van der Waals surface area (Å²) in [7, 11) is 0. The van der Waals surface area contributed by atoms with Crippen molar-refractivity contribution in [1.29, 1.82) is 0 Å². The van der Waals surface area contributed by atoms with E-state index < -0.39 is 5.60 Å². The van der Waals surface area contributed by atoms with E-state index in [1.807, 2.05) is 23.9 Å². The molecule has 1 aliphatic heterocycles. The topological polar surface area (TPSA) is 59.1 Å². The SMILES string of the molecule is Nc1cc(CC2(O)CCSC2)ccn1. The highest BCUT2D eigenvalue weighted by Crippen LogP contribution is 2.30. The predicted octanol–water partition coefficient (Wildman–Crippen LogP) is 1.07. The Balaban J connectivity index is 2.10. The molecular formula is C10H14N2OS. The van der Waals surface area contributed by atoms with Crippen LogP contribution in [0.5, 0.6) is 0 Å². The summed E-state index contributed by atoms with van der Waals surface area (Å²) >= 11 is 1.81. The summed E-state index contributed by atoms with van der Waals surface area (Å²) in [5, 5.41) is 10.2. The molecular weight excluding hydrogens is 196 g/mol. The number of hydrogen-bond donors (Lipinski definition) is 2. The van der Waals surface area contributed by atoms with Crippen LogP contribution in [0.25, 0.3) is 0 Å². The Morgan fingerprint density at radius 2 is 2.50 bits per heavy atom. The van der Waals surface area contributed by atoms with E-state index in [4.69, 9.17) is 5.73 Å². The maximum Gasteiger partial charge on any atom is 0.123 e. The quantitative estimate of drug-likeness (QED) is 0.766. The molecule has 1 atom stereocenters. The van der Waals surface area contributed by atoms with Gasteiger partial charge in [0.25, 0.3) is 0 Å². The third-order valence-electron chi connectivity index (χ3n) is 2.46. The van der Waals surface area contributed by atoms with Crippen molar-refractivity contribution >= 4 is 17.6 Å². The normalized spacial score (nSPS) is 26.6. The van der Waals surface area contributed by atoms with Crippen LogP contribution in [0, 0.1) is 0 Å². The lowest BCUT2D eigenvalue weighted by molar-refractivity contribution is 0.0686. The van der Waals surface area contributed by atoms with Crippen molar-refractivity contribution in [2.45, 2.75) is 18.4 Å². The standard InChI is InChI=1S/C10H14N2OS/c11-9-5-8(1-3-12-9)6-10(13)2-4-14-7-10/h1,3,5,13H,2,4,6-7H2,(H2,11,12). The average molecular weight is 210 g/mol. The lowest BCUT2D eigenvalue weighted by Crippen LogP contribution is -2.30. The summed E-state index contributed by atoms with van der Waals surface area (Å²) in [6.07, 6.45) is 3.25. The number of nitrogens with two attached hydrogens (primary N) is 1. The molecule has 0 amide bonds. The molecule has 3 N–H and O–H groups in total. The Morgan fingerprint density at radius 1 is 1.64 bits per heavy atom. The lowest BCUT2D eigenvalue weighted by atomic mass is 9.95. The number of nitrogens with zero attached hydrogens (tertiary/aromatic N) is 1. The largest absolute Gasteiger partial charge is 0.389 e. The first-order valence-corrected chi connectivity index (χ1v) is 5.84. The molecule has 76 valence electrons. The van der Waals surface area contributed by atoms with E-state index in [0.717, 1.165) is 23.5 Å². The van der Waals surface area contributed by atoms with Crippen molar-refractivity contribution in [3.05, 3.63) is 23.9 Å². The summed E-state index contributed by atoms with van der Waals surface area (Å²) in [6, 6.07) is 3.75. The van der Waals surface area contributed by atoms with Gasteiger partial charge in [-0.2, -0.15) is 11.8 Å². The molecule has 1 fully saturated rings. The van der Waals surface area contributed by atoms with E-state index in [0.29, 0.717) is 12.2 Å². The fraction of sp³-hybridized carbons (Fsp3) is 0.500. The number of pyridine rings is 1. The number of rotatable bonds is 2. The third-order valence-corrected chi connectivity index (χ3v) is 3.70. The van der Waals surface area contributed by atoms with Crippen LogP contribution >= 0.6 is 11.8 Å². The monoisotopic (exact) mass is 210 g/mol. The highest BCUT2D eigenvalue weighted by atomic mass is 32.2. The molecule has 2 rings (SSSR count). The minimum absolute atomic E-state index is 0.525. The first-order chi connectivity index (χ1) is 6.68. The molecule has 1 saturated heterocycles. The number of thioether (sulfide) groups is 1. The summed E-state index contributed by atoms with van der Waals surface area (Å²) < 4.78 is 0. The maximum absolute atomic E-state index is 10.2. The second-order valence-corrected chi connectivity index (χ2v) is 4.90. The second-order valence-electron chi connectivity index (χ2n) is 3.79. The van der Waals surface area contributed by atoms with Crippen LogP contribution in [0.3, 0.4) is 0 Å². The van der Waals surface area contributed by atoms with Crippen molar-refractivity contribution in [2.24, 2.45) is 0 Å². The molecule has 1 aliphatic rings. The predicted molar refractivity (Wildman–Crippen MR) is 59.2 cm³/mol. The zero-order valence-electron chi connectivity index (χ0n) is 7.94. The first-order valence-electron chi connectivity index (χ1n) is 4.69. The van der Waals surface area contributed by atoms with Crippen molar-refractivity contribution in [1.82, 2.24) is 4.98 Å². The smallest absolute Gasteiger partial charge is 0.123 e. The van der Waals surface area contributed by atoms with Gasteiger partial charge in [-0.1, -0.05) is 0 Å². The fourth-order valence-electron chi connectivity index (χ4n) is 1.72. The summed E-state index contributed by atoms with van der Waals surface area (Å²) in [6.45, 7) is 0. The molecule has 1 aromatic rings. The molecule has 1 aromatic heterocycles. The van der Waals surface area contributed by atoms with Crippen molar-refractivity contribution in [3.8, 4) is 0 Å². The van der Waals surface area contributed by atoms with E-state index in [-0.39, 0.29) is 0 Å². The van der Waals surface area contributed by atoms with Crippen molar-refractivity contribution in [3.63, 3.8) is 0 Å². The van der Waals surface area contributed by atoms with Gasteiger partial charge in [-0.15, -0.1) is 0 Å². The third kappa shape index (κ3) is 2.19. The van der Waals surface area contributed by atoms with E-state index in [1.165, 1.54) is 0 Å². The van der Waals surface area contributed by atoms with E-state index in [9.17, 15) is 5.11 Å². The Bertz CT molecular complexity index is 324. The zero-order chi connectivity index (χ0) is 10.0. The molecule has 0 aromatic carbocycles. The highest BCUT2D eigenvalue weighted by molar-refractivity contribution is 7.99. The van der Waals surface area contributed by atoms with E-state index in [1.54, 1.807) is 6.20 Å². The molecule has 2 heterocycles. The van der Waals surface area contributed by atoms with Gasteiger partial charge >= 0.3 is 0 Å². The molecule has 0 aliphatic carbocycles. The van der Waals surface area contributed by atoms with Gasteiger partial charge in [-0.05, 0) is 29.9 Å². The number of aliphatic hydroxyl groups is 1. The second kappa shape index (κ2) is 3.79. The number of anilines is 1. The minimum atomic E-state index is -0.529. The summed E-state index contributed by atoms with van der Waals surface area (Å²) in [5.74, 6) is 2.41. The minimum Gasteiger partial charge on any atom is -0.389 e. The van der Waals surface area contributed by atoms with Gasteiger partial charge in [0, 0.05) is 18.4 Å². The lowest BCUT2D eigenvalue weighted by Gasteiger charge is -2.21. The Hall–Kier alpha value is -0.740. The van der Waals surface area contributed by atoms with Crippen molar-refractivity contribution in [2.75, 3.05) is 17.2 Å². The van der Waals surface area contributed by atoms with Crippen LogP contribution in [-0.2, 0) is 6.42 Å². The van der Waals surface area contributed by atoms with Crippen LogP contribution in [0.15, 0.2) is 18.3 Å². The Labute approximate surface area is 87.7 Å². The summed E-state index contributed by atoms with van der Waals surface area (Å²) in [5.41, 5.74) is 6.12. The number of aromatic nitrogens is 1. The summed E-state index contributed by atoms with van der Waals surface area (Å²) in [4.78, 5) is 3.93. The van der Waals surface area contributed by atoms with Crippen LogP contribution < -0.4 is 5.73 Å². The number of hydrogen-bond acceptors (Lipinski definition) is 4. The van der Waals surface area contributed by atoms with Gasteiger partial charge in [0.2, 0.25) is 0 Å².